The van der Waals surface area contributed by atoms with E-state index in [1.165, 1.54) is 0 Å². The van der Waals surface area contributed by atoms with Crippen molar-refractivity contribution < 1.29 is 14.3 Å². The van der Waals surface area contributed by atoms with Gasteiger partial charge in [-0.1, -0.05) is 30.3 Å². The molecule has 5 heteroatoms. The number of methoxy groups -OCH3 is 1. The number of nitrogens with zero attached hydrogens (tertiary/aromatic N) is 1. The molecule has 0 spiro atoms. The maximum Gasteiger partial charge on any atom is 0.254 e. The van der Waals surface area contributed by atoms with Crippen molar-refractivity contribution >= 4 is 11.8 Å². The van der Waals surface area contributed by atoms with Crippen molar-refractivity contribution in [2.75, 3.05) is 20.7 Å². The second-order valence-electron chi connectivity index (χ2n) is 6.05. The Morgan fingerprint density at radius 3 is 2.72 bits per heavy atom. The van der Waals surface area contributed by atoms with Gasteiger partial charge in [-0.25, -0.2) is 0 Å². The highest BCUT2D eigenvalue weighted by molar-refractivity contribution is 5.99. The second kappa shape index (κ2) is 7.38. The predicted octanol–water partition coefficient (Wildman–Crippen LogP) is 2.71. The number of carbonyl (C=O) groups is 2. The third kappa shape index (κ3) is 3.36. The van der Waals surface area contributed by atoms with E-state index in [4.69, 9.17) is 4.74 Å². The quantitative estimate of drug-likeness (QED) is 0.932. The van der Waals surface area contributed by atoms with Crippen LogP contribution in [0.1, 0.15) is 23.2 Å². The van der Waals surface area contributed by atoms with Crippen LogP contribution in [0.5, 0.6) is 5.75 Å². The van der Waals surface area contributed by atoms with Crippen LogP contribution < -0.4 is 10.1 Å². The van der Waals surface area contributed by atoms with E-state index in [0.29, 0.717) is 18.5 Å². The molecule has 5 nitrogen and oxygen atoms in total. The van der Waals surface area contributed by atoms with Crippen LogP contribution in [-0.2, 0) is 4.79 Å². The lowest BCUT2D eigenvalue weighted by atomic mass is 10.0. The monoisotopic (exact) mass is 338 g/mol. The fourth-order valence-corrected chi connectivity index (χ4v) is 3.32. The van der Waals surface area contributed by atoms with Crippen molar-refractivity contribution in [1.29, 1.82) is 0 Å². The van der Waals surface area contributed by atoms with E-state index in [1.54, 1.807) is 25.1 Å². The molecule has 2 aromatic carbocycles. The lowest BCUT2D eigenvalue weighted by Gasteiger charge is -2.23. The first-order valence-electron chi connectivity index (χ1n) is 8.41. The summed E-state index contributed by atoms with van der Waals surface area (Å²) in [6, 6.07) is 14.8. The zero-order valence-electron chi connectivity index (χ0n) is 14.5. The van der Waals surface area contributed by atoms with Gasteiger partial charge in [0.25, 0.3) is 5.91 Å². The van der Waals surface area contributed by atoms with Gasteiger partial charge in [-0.2, -0.15) is 0 Å². The molecule has 1 fully saturated rings. The van der Waals surface area contributed by atoms with Gasteiger partial charge in [0.2, 0.25) is 5.91 Å². The van der Waals surface area contributed by atoms with Crippen molar-refractivity contribution in [3.63, 3.8) is 0 Å². The molecule has 1 saturated heterocycles. The molecule has 1 aliphatic heterocycles. The number of para-hydroxylation sites is 1. The summed E-state index contributed by atoms with van der Waals surface area (Å²) in [7, 11) is 3.23. The number of ether oxygens (including phenoxy) is 1. The van der Waals surface area contributed by atoms with Crippen LogP contribution in [0.2, 0.25) is 0 Å². The second-order valence-corrected chi connectivity index (χ2v) is 6.05. The van der Waals surface area contributed by atoms with Gasteiger partial charge in [-0.15, -0.1) is 0 Å². The molecule has 0 aliphatic carbocycles. The van der Waals surface area contributed by atoms with Crippen LogP contribution in [0.4, 0.5) is 0 Å². The van der Waals surface area contributed by atoms with E-state index in [2.05, 4.69) is 5.32 Å². The van der Waals surface area contributed by atoms with Crippen LogP contribution in [0.3, 0.4) is 0 Å². The summed E-state index contributed by atoms with van der Waals surface area (Å²) in [5, 5.41) is 2.65. The Morgan fingerprint density at radius 1 is 1.16 bits per heavy atom. The van der Waals surface area contributed by atoms with Crippen molar-refractivity contribution in [2.45, 2.75) is 18.9 Å². The number of carbonyl (C=O) groups excluding carboxylic acids is 2. The van der Waals surface area contributed by atoms with Crippen molar-refractivity contribution in [1.82, 2.24) is 10.2 Å². The number of benzene rings is 2. The average Bonchev–Trinajstić information content (AvgIpc) is 3.16. The smallest absolute Gasteiger partial charge is 0.254 e. The predicted molar refractivity (Wildman–Crippen MR) is 96.6 cm³/mol. The minimum atomic E-state index is -0.382. The lowest BCUT2D eigenvalue weighted by molar-refractivity contribution is -0.124. The van der Waals surface area contributed by atoms with Crippen molar-refractivity contribution in [3.8, 4) is 16.9 Å². The van der Waals surface area contributed by atoms with E-state index in [9.17, 15) is 9.59 Å². The lowest BCUT2D eigenvalue weighted by Crippen LogP contribution is -2.44. The largest absolute Gasteiger partial charge is 0.496 e. The summed E-state index contributed by atoms with van der Waals surface area (Å²) in [6.45, 7) is 0.607. The zero-order valence-corrected chi connectivity index (χ0v) is 14.5. The molecule has 1 aliphatic rings. The molecule has 3 rings (SSSR count). The fourth-order valence-electron chi connectivity index (χ4n) is 3.32. The molecule has 2 amide bonds. The van der Waals surface area contributed by atoms with E-state index >= 15 is 0 Å². The Morgan fingerprint density at radius 2 is 1.96 bits per heavy atom. The van der Waals surface area contributed by atoms with Crippen LogP contribution in [0.15, 0.2) is 48.5 Å². The molecule has 1 N–H and O–H groups in total. The molecular formula is C20H22N2O3. The van der Waals surface area contributed by atoms with E-state index < -0.39 is 0 Å². The molecule has 0 bridgehead atoms. The highest BCUT2D eigenvalue weighted by Gasteiger charge is 2.34. The molecule has 0 radical (unpaired) electrons. The Labute approximate surface area is 147 Å². The summed E-state index contributed by atoms with van der Waals surface area (Å²) in [4.78, 5) is 26.6. The minimum Gasteiger partial charge on any atom is -0.496 e. The minimum absolute atomic E-state index is 0.105. The molecule has 1 heterocycles. The van der Waals surface area contributed by atoms with E-state index in [0.717, 1.165) is 23.3 Å². The SMILES string of the molecule is CNC(=O)[C@@H]1CCCN1C(=O)c1cccc(-c2ccccc2OC)c1. The number of likely N-dealkylation sites (tertiary alicyclic amines) is 1. The first-order chi connectivity index (χ1) is 12.2. The number of hydrogen-bond acceptors (Lipinski definition) is 3. The molecule has 1 atom stereocenters. The van der Waals surface area contributed by atoms with E-state index in [1.807, 2.05) is 42.5 Å². The third-order valence-electron chi connectivity index (χ3n) is 4.59. The van der Waals surface area contributed by atoms with Gasteiger partial charge in [0, 0.05) is 24.7 Å². The Hall–Kier alpha value is -2.82. The van der Waals surface area contributed by atoms with Gasteiger partial charge in [0.05, 0.1) is 7.11 Å². The van der Waals surface area contributed by atoms with Crippen LogP contribution in [-0.4, -0.2) is 43.5 Å². The van der Waals surface area contributed by atoms with Crippen LogP contribution >= 0.6 is 0 Å². The molecule has 25 heavy (non-hydrogen) atoms. The number of amides is 2. The zero-order chi connectivity index (χ0) is 17.8. The summed E-state index contributed by atoms with van der Waals surface area (Å²) in [5.74, 6) is 0.547. The van der Waals surface area contributed by atoms with Crippen molar-refractivity contribution in [2.24, 2.45) is 0 Å². The topological polar surface area (TPSA) is 58.6 Å². The van der Waals surface area contributed by atoms with Crippen molar-refractivity contribution in [3.05, 3.63) is 54.1 Å². The van der Waals surface area contributed by atoms with Crippen LogP contribution in [0.25, 0.3) is 11.1 Å². The maximum atomic E-state index is 12.9. The number of likely N-dealkylation sites (N-methyl/N-ethyl adjacent to an activating group) is 1. The number of rotatable bonds is 4. The van der Waals surface area contributed by atoms with E-state index in [-0.39, 0.29) is 17.9 Å². The Bertz CT molecular complexity index is 788. The van der Waals surface area contributed by atoms with Gasteiger partial charge in [0.15, 0.2) is 0 Å². The molecule has 0 aromatic heterocycles. The Kier molecular flexibility index (Phi) is 5.03. The summed E-state index contributed by atoms with van der Waals surface area (Å²) in [5.41, 5.74) is 2.43. The summed E-state index contributed by atoms with van der Waals surface area (Å²) >= 11 is 0. The average molecular weight is 338 g/mol. The number of hydrogen-bond donors (Lipinski definition) is 1. The van der Waals surface area contributed by atoms with Gasteiger partial charge in [0.1, 0.15) is 11.8 Å². The highest BCUT2D eigenvalue weighted by atomic mass is 16.5. The standard InChI is InChI=1S/C20H22N2O3/c1-21-19(23)17-10-6-12-22(17)20(24)15-8-5-7-14(13-15)16-9-3-4-11-18(16)25-2/h3-5,7-9,11,13,17H,6,10,12H2,1-2H3,(H,21,23)/t17-/m0/s1. The normalized spacial score (nSPS) is 16.6. The first kappa shape index (κ1) is 17.0. The molecule has 2 aromatic rings. The summed E-state index contributed by atoms with van der Waals surface area (Å²) in [6.07, 6.45) is 1.55. The Balaban J connectivity index is 1.91. The first-order valence-corrected chi connectivity index (χ1v) is 8.41. The number of nitrogens with one attached hydrogen (secondary N) is 1. The van der Waals surface area contributed by atoms with Gasteiger partial charge < -0.3 is 15.0 Å². The molecule has 0 saturated carbocycles. The van der Waals surface area contributed by atoms with Gasteiger partial charge in [-0.05, 0) is 36.6 Å². The molecule has 0 unspecified atom stereocenters. The van der Waals surface area contributed by atoms with Crippen LogP contribution in [0, 0.1) is 0 Å². The third-order valence-corrected chi connectivity index (χ3v) is 4.59. The fraction of sp³-hybridized carbons (Fsp3) is 0.300. The van der Waals surface area contributed by atoms with Gasteiger partial charge in [-0.3, -0.25) is 9.59 Å². The molecular weight excluding hydrogens is 316 g/mol. The summed E-state index contributed by atoms with van der Waals surface area (Å²) < 4.78 is 5.41. The van der Waals surface area contributed by atoms with Gasteiger partial charge >= 0.3 is 0 Å². The molecule has 130 valence electrons. The highest BCUT2D eigenvalue weighted by Crippen LogP contribution is 2.30. The maximum absolute atomic E-state index is 12.9.